The summed E-state index contributed by atoms with van der Waals surface area (Å²) in [5, 5.41) is 3.03. The molecule has 32 heavy (non-hydrogen) atoms. The van der Waals surface area contributed by atoms with Gasteiger partial charge in [0.2, 0.25) is 5.91 Å². The molecule has 1 saturated heterocycles. The van der Waals surface area contributed by atoms with Gasteiger partial charge in [0, 0.05) is 25.6 Å². The Kier molecular flexibility index (Phi) is 6.83. The Morgan fingerprint density at radius 3 is 2.66 bits per heavy atom. The predicted molar refractivity (Wildman–Crippen MR) is 123 cm³/mol. The second kappa shape index (κ2) is 9.94. The Hall–Kier alpha value is -3.22. The molecule has 1 fully saturated rings. The Morgan fingerprint density at radius 2 is 1.91 bits per heavy atom. The normalized spacial score (nSPS) is 18.5. The van der Waals surface area contributed by atoms with E-state index in [-0.39, 0.29) is 24.0 Å². The van der Waals surface area contributed by atoms with Crippen LogP contribution >= 0.6 is 0 Å². The largest absolute Gasteiger partial charge is 0.497 e. The zero-order valence-electron chi connectivity index (χ0n) is 18.8. The third-order valence-corrected chi connectivity index (χ3v) is 6.26. The lowest BCUT2D eigenvalue weighted by Gasteiger charge is -2.39. The number of anilines is 1. The zero-order valence-corrected chi connectivity index (χ0v) is 18.8. The fraction of sp³-hybridized carbons (Fsp3) is 0.440. The summed E-state index contributed by atoms with van der Waals surface area (Å²) >= 11 is 0. The van der Waals surface area contributed by atoms with Crippen molar-refractivity contribution in [3.05, 3.63) is 54.1 Å². The average molecular weight is 438 g/mol. The zero-order chi connectivity index (χ0) is 22.5. The Labute approximate surface area is 189 Å². The fourth-order valence-corrected chi connectivity index (χ4v) is 4.31. The molecule has 0 radical (unpaired) electrons. The number of methoxy groups -OCH3 is 1. The highest BCUT2D eigenvalue weighted by atomic mass is 16.5. The lowest BCUT2D eigenvalue weighted by Crippen LogP contribution is -2.52. The molecule has 2 heterocycles. The summed E-state index contributed by atoms with van der Waals surface area (Å²) < 4.78 is 11.2. The SMILES string of the molecule is CC[C@H]1CN(C(=O)N2CCC(C(=O)NCc3cccc(OC)c3)CC2)c2ccccc2O1. The van der Waals surface area contributed by atoms with Crippen molar-refractivity contribution in [1.29, 1.82) is 0 Å². The van der Waals surface area contributed by atoms with E-state index in [1.165, 1.54) is 0 Å². The number of carbonyl (C=O) groups is 2. The molecule has 2 aromatic rings. The van der Waals surface area contributed by atoms with Gasteiger partial charge in [0.15, 0.2) is 0 Å². The molecule has 0 aromatic heterocycles. The second-order valence-corrected chi connectivity index (χ2v) is 8.34. The third-order valence-electron chi connectivity index (χ3n) is 6.26. The van der Waals surface area contributed by atoms with Gasteiger partial charge in [-0.3, -0.25) is 9.69 Å². The first kappa shape index (κ1) is 22.0. The van der Waals surface area contributed by atoms with E-state index in [0.29, 0.717) is 39.0 Å². The number of hydrogen-bond donors (Lipinski definition) is 1. The Bertz CT molecular complexity index is 956. The number of para-hydroxylation sites is 2. The van der Waals surface area contributed by atoms with Crippen molar-refractivity contribution in [2.24, 2.45) is 5.92 Å². The van der Waals surface area contributed by atoms with Crippen molar-refractivity contribution >= 4 is 17.6 Å². The van der Waals surface area contributed by atoms with E-state index in [2.05, 4.69) is 12.2 Å². The lowest BCUT2D eigenvalue weighted by molar-refractivity contribution is -0.126. The number of likely N-dealkylation sites (tertiary alicyclic amines) is 1. The van der Waals surface area contributed by atoms with Crippen LogP contribution < -0.4 is 19.7 Å². The number of rotatable bonds is 5. The number of ether oxygens (including phenoxy) is 2. The molecule has 0 unspecified atom stereocenters. The molecular weight excluding hydrogens is 406 g/mol. The second-order valence-electron chi connectivity index (χ2n) is 8.34. The number of fused-ring (bicyclic) bond motifs is 1. The molecular formula is C25H31N3O4. The summed E-state index contributed by atoms with van der Waals surface area (Å²) in [6, 6.07) is 15.4. The van der Waals surface area contributed by atoms with Crippen LogP contribution in [0.3, 0.4) is 0 Å². The van der Waals surface area contributed by atoms with Crippen LogP contribution in [0.15, 0.2) is 48.5 Å². The predicted octanol–water partition coefficient (Wildman–Crippen LogP) is 3.82. The van der Waals surface area contributed by atoms with Crippen molar-refractivity contribution in [2.45, 2.75) is 38.8 Å². The van der Waals surface area contributed by atoms with Gasteiger partial charge in [0.1, 0.15) is 17.6 Å². The van der Waals surface area contributed by atoms with Gasteiger partial charge < -0.3 is 19.7 Å². The van der Waals surface area contributed by atoms with Gasteiger partial charge in [0.05, 0.1) is 19.3 Å². The summed E-state index contributed by atoms with van der Waals surface area (Å²) in [5.41, 5.74) is 1.82. The maximum Gasteiger partial charge on any atom is 0.324 e. The van der Waals surface area contributed by atoms with Crippen molar-refractivity contribution < 1.29 is 19.1 Å². The maximum absolute atomic E-state index is 13.3. The van der Waals surface area contributed by atoms with Crippen LogP contribution in [0.2, 0.25) is 0 Å². The van der Waals surface area contributed by atoms with Crippen molar-refractivity contribution in [3.63, 3.8) is 0 Å². The van der Waals surface area contributed by atoms with Gasteiger partial charge in [0.25, 0.3) is 0 Å². The number of urea groups is 1. The molecule has 170 valence electrons. The number of benzene rings is 2. The minimum absolute atomic E-state index is 0.00515. The van der Waals surface area contributed by atoms with E-state index in [1.54, 1.807) is 7.11 Å². The molecule has 0 bridgehead atoms. The van der Waals surface area contributed by atoms with E-state index in [4.69, 9.17) is 9.47 Å². The minimum atomic E-state index is -0.0787. The summed E-state index contributed by atoms with van der Waals surface area (Å²) in [4.78, 5) is 29.7. The van der Waals surface area contributed by atoms with E-state index in [0.717, 1.165) is 29.2 Å². The molecule has 1 N–H and O–H groups in total. The summed E-state index contributed by atoms with van der Waals surface area (Å²) in [5.74, 6) is 1.50. The van der Waals surface area contributed by atoms with E-state index < -0.39 is 0 Å². The molecule has 3 amide bonds. The molecule has 4 rings (SSSR count). The summed E-state index contributed by atoms with van der Waals surface area (Å²) in [6.45, 7) is 4.24. The van der Waals surface area contributed by atoms with Crippen molar-refractivity contribution in [1.82, 2.24) is 10.2 Å². The van der Waals surface area contributed by atoms with Crippen LogP contribution in [0.5, 0.6) is 11.5 Å². The van der Waals surface area contributed by atoms with Crippen molar-refractivity contribution in [3.8, 4) is 11.5 Å². The maximum atomic E-state index is 13.3. The van der Waals surface area contributed by atoms with Crippen molar-refractivity contribution in [2.75, 3.05) is 31.6 Å². The van der Waals surface area contributed by atoms with Crippen LogP contribution in [-0.2, 0) is 11.3 Å². The van der Waals surface area contributed by atoms with E-state index >= 15 is 0 Å². The van der Waals surface area contributed by atoms with Gasteiger partial charge in [-0.2, -0.15) is 0 Å². The lowest BCUT2D eigenvalue weighted by atomic mass is 9.96. The number of nitrogens with zero attached hydrogens (tertiary/aromatic N) is 2. The summed E-state index contributed by atoms with van der Waals surface area (Å²) in [7, 11) is 1.63. The first-order valence-corrected chi connectivity index (χ1v) is 11.3. The molecule has 2 aromatic carbocycles. The number of carbonyl (C=O) groups excluding carboxylic acids is 2. The molecule has 7 nitrogen and oxygen atoms in total. The van der Waals surface area contributed by atoms with E-state index in [9.17, 15) is 9.59 Å². The third kappa shape index (κ3) is 4.82. The molecule has 0 saturated carbocycles. The first-order valence-electron chi connectivity index (χ1n) is 11.3. The molecule has 2 aliphatic heterocycles. The average Bonchev–Trinajstić information content (AvgIpc) is 2.86. The van der Waals surface area contributed by atoms with E-state index in [1.807, 2.05) is 58.3 Å². The highest BCUT2D eigenvalue weighted by molar-refractivity contribution is 5.94. The van der Waals surface area contributed by atoms with Gasteiger partial charge in [-0.05, 0) is 49.1 Å². The van der Waals surface area contributed by atoms with Gasteiger partial charge in [-0.25, -0.2) is 4.79 Å². The summed E-state index contributed by atoms with van der Waals surface area (Å²) in [6.07, 6.45) is 2.17. The van der Waals surface area contributed by atoms with Crippen LogP contribution in [0, 0.1) is 5.92 Å². The molecule has 0 spiro atoms. The van der Waals surface area contributed by atoms with Crippen LogP contribution in [0.25, 0.3) is 0 Å². The Balaban J connectivity index is 1.32. The number of piperidine rings is 1. The van der Waals surface area contributed by atoms with Crippen LogP contribution in [-0.4, -0.2) is 49.7 Å². The number of hydrogen-bond acceptors (Lipinski definition) is 4. The molecule has 1 atom stereocenters. The highest BCUT2D eigenvalue weighted by Crippen LogP contribution is 2.35. The van der Waals surface area contributed by atoms with Gasteiger partial charge in [-0.15, -0.1) is 0 Å². The monoisotopic (exact) mass is 437 g/mol. The molecule has 0 aliphatic carbocycles. The van der Waals surface area contributed by atoms with Crippen LogP contribution in [0.4, 0.5) is 10.5 Å². The quantitative estimate of drug-likeness (QED) is 0.772. The fourth-order valence-electron chi connectivity index (χ4n) is 4.31. The minimum Gasteiger partial charge on any atom is -0.497 e. The number of nitrogens with one attached hydrogen (secondary N) is 1. The first-order chi connectivity index (χ1) is 15.6. The molecule has 7 heteroatoms. The number of amides is 3. The van der Waals surface area contributed by atoms with Gasteiger partial charge >= 0.3 is 6.03 Å². The standard InChI is InChI=1S/C25H31N3O4/c1-3-20-17-28(22-9-4-5-10-23(22)32-20)25(30)27-13-11-19(12-14-27)24(29)26-16-18-7-6-8-21(15-18)31-2/h4-10,15,19-20H,3,11-14,16-17H2,1-2H3,(H,26,29)/t20-/m0/s1. The molecule has 2 aliphatic rings. The topological polar surface area (TPSA) is 71.1 Å². The Morgan fingerprint density at radius 1 is 1.12 bits per heavy atom. The van der Waals surface area contributed by atoms with Crippen LogP contribution in [0.1, 0.15) is 31.7 Å². The highest BCUT2D eigenvalue weighted by Gasteiger charge is 2.34. The smallest absolute Gasteiger partial charge is 0.324 e. The van der Waals surface area contributed by atoms with Gasteiger partial charge in [-0.1, -0.05) is 31.2 Å².